The van der Waals surface area contributed by atoms with Gasteiger partial charge in [-0.25, -0.2) is 4.79 Å². The van der Waals surface area contributed by atoms with Gasteiger partial charge in [-0.15, -0.1) is 11.3 Å². The quantitative estimate of drug-likeness (QED) is 0.846. The van der Waals surface area contributed by atoms with E-state index in [2.05, 4.69) is 5.32 Å². The highest BCUT2D eigenvalue weighted by molar-refractivity contribution is 7.18. The van der Waals surface area contributed by atoms with Gasteiger partial charge in [0.1, 0.15) is 11.5 Å². The van der Waals surface area contributed by atoms with Gasteiger partial charge in [0.05, 0.1) is 11.1 Å². The minimum atomic E-state index is -0.330. The predicted octanol–water partition coefficient (Wildman–Crippen LogP) is 3.13. The zero-order valence-electron chi connectivity index (χ0n) is 12.7. The highest BCUT2D eigenvalue weighted by Gasteiger charge is 2.30. The van der Waals surface area contributed by atoms with Crippen molar-refractivity contribution in [3.8, 4) is 0 Å². The molecule has 0 aromatic carbocycles. The minimum Gasteiger partial charge on any atom is -0.459 e. The number of hydrogen-bond donors (Lipinski definition) is 1. The van der Waals surface area contributed by atoms with Gasteiger partial charge in [0.25, 0.3) is 0 Å². The first-order valence-electron chi connectivity index (χ1n) is 7.83. The smallest absolute Gasteiger partial charge is 0.348 e. The molecular weight excluding hydrogens is 302 g/mol. The first-order valence-corrected chi connectivity index (χ1v) is 8.65. The summed E-state index contributed by atoms with van der Waals surface area (Å²) in [6.45, 7) is 2.91. The molecule has 3 rings (SSSR count). The van der Waals surface area contributed by atoms with Crippen LogP contribution < -0.4 is 5.32 Å². The van der Waals surface area contributed by atoms with Crippen molar-refractivity contribution in [2.24, 2.45) is 5.92 Å². The van der Waals surface area contributed by atoms with Crippen LogP contribution in [-0.4, -0.2) is 31.2 Å². The normalized spacial score (nSPS) is 21.4. The number of aryl methyl sites for hydroxylation is 1. The second kappa shape index (κ2) is 6.79. The van der Waals surface area contributed by atoms with E-state index in [0.29, 0.717) is 11.5 Å². The zero-order valence-corrected chi connectivity index (χ0v) is 13.5. The summed E-state index contributed by atoms with van der Waals surface area (Å²) in [5.41, 5.74) is 0.839. The molecule has 1 aromatic rings. The maximum atomic E-state index is 12.2. The summed E-state index contributed by atoms with van der Waals surface area (Å²) in [7, 11) is 0. The lowest BCUT2D eigenvalue weighted by Crippen LogP contribution is -2.25. The summed E-state index contributed by atoms with van der Waals surface area (Å²) in [6.07, 6.45) is 5.10. The molecule has 1 aliphatic heterocycles. The zero-order chi connectivity index (χ0) is 15.5. The number of amides is 1. The largest absolute Gasteiger partial charge is 0.459 e. The Morgan fingerprint density at radius 2 is 2.18 bits per heavy atom. The molecule has 120 valence electrons. The van der Waals surface area contributed by atoms with Crippen LogP contribution in [0.1, 0.15) is 47.3 Å². The van der Waals surface area contributed by atoms with E-state index < -0.39 is 0 Å². The first-order chi connectivity index (χ1) is 10.6. The Labute approximate surface area is 134 Å². The number of carbonyl (C=O) groups excluding carboxylic acids is 2. The average molecular weight is 323 g/mol. The number of anilines is 1. The summed E-state index contributed by atoms with van der Waals surface area (Å²) in [5, 5.41) is 3.59. The molecular formula is C16H21NO4S. The fraction of sp³-hybridized carbons (Fsp3) is 0.625. The van der Waals surface area contributed by atoms with Gasteiger partial charge in [0.2, 0.25) is 5.91 Å². The van der Waals surface area contributed by atoms with Gasteiger partial charge in [-0.3, -0.25) is 4.79 Å². The highest BCUT2D eigenvalue weighted by atomic mass is 32.1. The molecule has 2 aliphatic rings. The van der Waals surface area contributed by atoms with Crippen molar-refractivity contribution in [1.82, 2.24) is 0 Å². The van der Waals surface area contributed by atoms with Crippen molar-refractivity contribution >= 4 is 28.2 Å². The van der Waals surface area contributed by atoms with E-state index in [1.807, 2.05) is 13.0 Å². The Morgan fingerprint density at radius 3 is 2.86 bits per heavy atom. The summed E-state index contributed by atoms with van der Waals surface area (Å²) in [5.74, 6) is -0.123. The molecule has 6 heteroatoms. The summed E-state index contributed by atoms with van der Waals surface area (Å²) < 4.78 is 10.9. The number of thiophene rings is 1. The van der Waals surface area contributed by atoms with E-state index >= 15 is 0 Å². The van der Waals surface area contributed by atoms with Gasteiger partial charge < -0.3 is 14.8 Å². The van der Waals surface area contributed by atoms with Gasteiger partial charge in [-0.2, -0.15) is 0 Å². The van der Waals surface area contributed by atoms with Crippen LogP contribution in [0.3, 0.4) is 0 Å². The van der Waals surface area contributed by atoms with E-state index in [1.165, 1.54) is 11.3 Å². The minimum absolute atomic E-state index is 0.0204. The molecule has 2 fully saturated rings. The van der Waals surface area contributed by atoms with Crippen molar-refractivity contribution in [2.75, 3.05) is 18.5 Å². The molecule has 1 atom stereocenters. The third-order valence-corrected chi connectivity index (χ3v) is 5.10. The van der Waals surface area contributed by atoms with Crippen LogP contribution >= 0.6 is 11.3 Å². The number of ether oxygens (including phenoxy) is 2. The van der Waals surface area contributed by atoms with Crippen LogP contribution in [0.25, 0.3) is 0 Å². The van der Waals surface area contributed by atoms with Crippen LogP contribution in [0.2, 0.25) is 0 Å². The predicted molar refractivity (Wildman–Crippen MR) is 84.3 cm³/mol. The van der Waals surface area contributed by atoms with Crippen molar-refractivity contribution in [3.05, 3.63) is 16.5 Å². The monoisotopic (exact) mass is 323 g/mol. The lowest BCUT2D eigenvalue weighted by atomic mass is 10.1. The van der Waals surface area contributed by atoms with E-state index in [4.69, 9.17) is 9.47 Å². The lowest BCUT2D eigenvalue weighted by Gasteiger charge is -2.21. The third-order valence-electron chi connectivity index (χ3n) is 3.97. The topological polar surface area (TPSA) is 64.6 Å². The average Bonchev–Trinajstić information content (AvgIpc) is 3.30. The Bertz CT molecular complexity index is 558. The van der Waals surface area contributed by atoms with E-state index in [1.54, 1.807) is 0 Å². The van der Waals surface area contributed by atoms with E-state index in [0.717, 1.165) is 49.3 Å². The SMILES string of the molecule is Cc1cc(NC(=O)C2CC2)sc1C(=O)OCC1CCCCO1. The number of esters is 1. The molecule has 0 spiro atoms. The van der Waals surface area contributed by atoms with Crippen LogP contribution in [-0.2, 0) is 14.3 Å². The van der Waals surface area contributed by atoms with Crippen molar-refractivity contribution < 1.29 is 19.1 Å². The fourth-order valence-corrected chi connectivity index (χ4v) is 3.46. The second-order valence-electron chi connectivity index (χ2n) is 5.97. The number of carbonyl (C=O) groups is 2. The molecule has 22 heavy (non-hydrogen) atoms. The highest BCUT2D eigenvalue weighted by Crippen LogP contribution is 2.33. The van der Waals surface area contributed by atoms with E-state index in [-0.39, 0.29) is 23.9 Å². The number of nitrogens with one attached hydrogen (secondary N) is 1. The van der Waals surface area contributed by atoms with Gasteiger partial charge in [0.15, 0.2) is 0 Å². The molecule has 1 aromatic heterocycles. The summed E-state index contributed by atoms with van der Waals surface area (Å²) in [4.78, 5) is 24.5. The van der Waals surface area contributed by atoms with Crippen LogP contribution in [0.15, 0.2) is 6.07 Å². The Morgan fingerprint density at radius 1 is 1.36 bits per heavy atom. The van der Waals surface area contributed by atoms with Crippen molar-refractivity contribution in [1.29, 1.82) is 0 Å². The molecule has 1 saturated carbocycles. The molecule has 1 amide bonds. The molecule has 2 heterocycles. The van der Waals surface area contributed by atoms with E-state index in [9.17, 15) is 9.59 Å². The summed E-state index contributed by atoms with van der Waals surface area (Å²) in [6, 6.07) is 1.83. The third kappa shape index (κ3) is 3.87. The lowest BCUT2D eigenvalue weighted by molar-refractivity contribution is -0.117. The Balaban J connectivity index is 1.54. The molecule has 0 bridgehead atoms. The maximum Gasteiger partial charge on any atom is 0.348 e. The van der Waals surface area contributed by atoms with Crippen LogP contribution in [0.4, 0.5) is 5.00 Å². The molecule has 5 nitrogen and oxygen atoms in total. The van der Waals surface area contributed by atoms with Crippen LogP contribution in [0, 0.1) is 12.8 Å². The molecule has 0 radical (unpaired) electrons. The molecule has 1 aliphatic carbocycles. The van der Waals surface area contributed by atoms with Gasteiger partial charge in [-0.1, -0.05) is 0 Å². The fourth-order valence-electron chi connectivity index (χ4n) is 2.49. The van der Waals surface area contributed by atoms with Gasteiger partial charge >= 0.3 is 5.97 Å². The second-order valence-corrected chi connectivity index (χ2v) is 7.03. The first kappa shape index (κ1) is 15.5. The standard InChI is InChI=1S/C16H21NO4S/c1-10-8-13(17-15(18)11-5-6-11)22-14(10)16(19)21-9-12-4-2-3-7-20-12/h8,11-12H,2-7,9H2,1H3,(H,17,18). The van der Waals surface area contributed by atoms with Gasteiger partial charge in [-0.05, 0) is 50.7 Å². The van der Waals surface area contributed by atoms with Gasteiger partial charge in [0, 0.05) is 12.5 Å². The van der Waals surface area contributed by atoms with Crippen molar-refractivity contribution in [2.45, 2.75) is 45.1 Å². The number of hydrogen-bond acceptors (Lipinski definition) is 5. The molecule has 1 N–H and O–H groups in total. The maximum absolute atomic E-state index is 12.2. The Hall–Kier alpha value is -1.40. The molecule has 1 unspecified atom stereocenters. The molecule has 1 saturated heterocycles. The Kier molecular flexibility index (Phi) is 4.78. The van der Waals surface area contributed by atoms with Crippen LogP contribution in [0.5, 0.6) is 0 Å². The summed E-state index contributed by atoms with van der Waals surface area (Å²) >= 11 is 1.28. The van der Waals surface area contributed by atoms with Crippen molar-refractivity contribution in [3.63, 3.8) is 0 Å². The number of rotatable bonds is 5.